The number of aryl methyl sites for hydroxylation is 1. The third-order valence-electron chi connectivity index (χ3n) is 2.18. The van der Waals surface area contributed by atoms with E-state index in [1.54, 1.807) is 0 Å². The topological polar surface area (TPSA) is 21.3 Å². The number of benzene rings is 1. The summed E-state index contributed by atoms with van der Waals surface area (Å²) in [4.78, 5) is 0. The first-order valence-corrected chi connectivity index (χ1v) is 5.40. The first kappa shape index (κ1) is 11.8. The highest BCUT2D eigenvalue weighted by Gasteiger charge is 1.99. The largest absolute Gasteiger partial charge is 0.492 e. The van der Waals surface area contributed by atoms with Crippen molar-refractivity contribution in [2.45, 2.75) is 13.3 Å². The fraction of sp³-hybridized carbons (Fsp3) is 0.385. The minimum absolute atomic E-state index is 0.699. The second kappa shape index (κ2) is 7.07. The van der Waals surface area contributed by atoms with Crippen molar-refractivity contribution >= 4 is 0 Å². The van der Waals surface area contributed by atoms with E-state index in [2.05, 4.69) is 24.9 Å². The molecule has 0 atom stereocenters. The second-order valence-electron chi connectivity index (χ2n) is 3.30. The third kappa shape index (κ3) is 4.17. The molecule has 0 saturated heterocycles. The zero-order valence-electron chi connectivity index (χ0n) is 9.33. The smallest absolute Gasteiger partial charge is 0.122 e. The first-order valence-electron chi connectivity index (χ1n) is 5.40. The molecule has 0 radical (unpaired) electrons. The van der Waals surface area contributed by atoms with E-state index < -0.39 is 0 Å². The lowest BCUT2D eigenvalue weighted by atomic mass is 10.1. The van der Waals surface area contributed by atoms with Gasteiger partial charge in [-0.3, -0.25) is 0 Å². The van der Waals surface area contributed by atoms with Crippen LogP contribution in [0.4, 0.5) is 0 Å². The molecular weight excluding hydrogens is 186 g/mol. The van der Waals surface area contributed by atoms with Crippen LogP contribution in [0.2, 0.25) is 0 Å². The van der Waals surface area contributed by atoms with Crippen molar-refractivity contribution < 1.29 is 4.74 Å². The lowest BCUT2D eigenvalue weighted by Gasteiger charge is -2.10. The van der Waals surface area contributed by atoms with Gasteiger partial charge in [0.25, 0.3) is 0 Å². The van der Waals surface area contributed by atoms with Crippen LogP contribution >= 0.6 is 0 Å². The summed E-state index contributed by atoms with van der Waals surface area (Å²) in [6, 6.07) is 8.17. The highest BCUT2D eigenvalue weighted by atomic mass is 16.5. The predicted molar refractivity (Wildman–Crippen MR) is 64.4 cm³/mol. The van der Waals surface area contributed by atoms with E-state index in [9.17, 15) is 0 Å². The molecule has 0 aliphatic heterocycles. The van der Waals surface area contributed by atoms with E-state index in [0.717, 1.165) is 25.3 Å². The molecule has 0 aromatic heterocycles. The van der Waals surface area contributed by atoms with Crippen molar-refractivity contribution in [1.82, 2.24) is 5.32 Å². The highest BCUT2D eigenvalue weighted by Crippen LogP contribution is 2.17. The van der Waals surface area contributed by atoms with Crippen LogP contribution in [-0.2, 0) is 6.42 Å². The van der Waals surface area contributed by atoms with E-state index in [-0.39, 0.29) is 0 Å². The van der Waals surface area contributed by atoms with Gasteiger partial charge >= 0.3 is 0 Å². The van der Waals surface area contributed by atoms with Crippen molar-refractivity contribution in [1.29, 1.82) is 0 Å². The molecule has 15 heavy (non-hydrogen) atoms. The minimum Gasteiger partial charge on any atom is -0.492 e. The predicted octanol–water partition coefficient (Wildman–Crippen LogP) is 2.40. The van der Waals surface area contributed by atoms with Gasteiger partial charge in [0.15, 0.2) is 0 Å². The number of ether oxygens (including phenoxy) is 1. The normalized spacial score (nSPS) is 9.93. The summed E-state index contributed by atoms with van der Waals surface area (Å²) in [5.41, 5.74) is 1.27. The maximum Gasteiger partial charge on any atom is 0.122 e. The highest BCUT2D eigenvalue weighted by molar-refractivity contribution is 5.33. The van der Waals surface area contributed by atoms with Gasteiger partial charge in [0.2, 0.25) is 0 Å². The monoisotopic (exact) mass is 205 g/mol. The van der Waals surface area contributed by atoms with Crippen LogP contribution in [0, 0.1) is 0 Å². The molecule has 0 heterocycles. The maximum absolute atomic E-state index is 5.68. The van der Waals surface area contributed by atoms with Crippen LogP contribution in [0.5, 0.6) is 5.75 Å². The Labute approximate surface area is 92.0 Å². The van der Waals surface area contributed by atoms with E-state index >= 15 is 0 Å². The maximum atomic E-state index is 5.68. The molecule has 0 fully saturated rings. The average molecular weight is 205 g/mol. The number of para-hydroxylation sites is 1. The third-order valence-corrected chi connectivity index (χ3v) is 2.18. The van der Waals surface area contributed by atoms with Gasteiger partial charge in [-0.2, -0.15) is 0 Å². The Bertz CT molecular complexity index is 296. The van der Waals surface area contributed by atoms with E-state index in [1.165, 1.54) is 5.56 Å². The van der Waals surface area contributed by atoms with Gasteiger partial charge in [-0.15, -0.1) is 6.58 Å². The molecular formula is C13H19NO. The van der Waals surface area contributed by atoms with Gasteiger partial charge < -0.3 is 10.1 Å². The molecule has 82 valence electrons. The van der Waals surface area contributed by atoms with Crippen LogP contribution < -0.4 is 10.1 Å². The van der Waals surface area contributed by atoms with Gasteiger partial charge in [-0.25, -0.2) is 0 Å². The molecule has 2 heteroatoms. The summed E-state index contributed by atoms with van der Waals surface area (Å²) < 4.78 is 5.68. The Balaban J connectivity index is 2.33. The van der Waals surface area contributed by atoms with Crippen molar-refractivity contribution in [2.24, 2.45) is 0 Å². The second-order valence-corrected chi connectivity index (χ2v) is 3.30. The summed E-state index contributed by atoms with van der Waals surface area (Å²) in [6.07, 6.45) is 2.86. The Kier molecular flexibility index (Phi) is 5.56. The summed E-state index contributed by atoms with van der Waals surface area (Å²) in [5, 5.41) is 3.20. The van der Waals surface area contributed by atoms with E-state index in [1.807, 2.05) is 24.3 Å². The van der Waals surface area contributed by atoms with E-state index in [4.69, 9.17) is 4.74 Å². The van der Waals surface area contributed by atoms with Crippen molar-refractivity contribution in [2.75, 3.05) is 19.7 Å². The molecule has 1 aromatic carbocycles. The standard InChI is InChI=1S/C13H19NO/c1-3-9-14-10-11-15-13-8-6-5-7-12(13)4-2/h3,5-8,14H,1,4,9-11H2,2H3. The zero-order chi connectivity index (χ0) is 10.9. The molecule has 0 aliphatic carbocycles. The fourth-order valence-corrected chi connectivity index (χ4v) is 1.37. The SMILES string of the molecule is C=CCNCCOc1ccccc1CC. The molecule has 2 nitrogen and oxygen atoms in total. The van der Waals surface area contributed by atoms with Crippen molar-refractivity contribution in [3.63, 3.8) is 0 Å². The van der Waals surface area contributed by atoms with E-state index in [0.29, 0.717) is 6.61 Å². The first-order chi connectivity index (χ1) is 7.38. The van der Waals surface area contributed by atoms with Crippen molar-refractivity contribution in [3.8, 4) is 5.75 Å². The molecule has 0 amide bonds. The number of hydrogen-bond acceptors (Lipinski definition) is 2. The van der Waals surface area contributed by atoms with Crippen LogP contribution in [0.1, 0.15) is 12.5 Å². The van der Waals surface area contributed by atoms with Crippen molar-refractivity contribution in [3.05, 3.63) is 42.5 Å². The number of rotatable bonds is 7. The fourth-order valence-electron chi connectivity index (χ4n) is 1.37. The average Bonchev–Trinajstić information content (AvgIpc) is 2.29. The molecule has 0 aliphatic rings. The Morgan fingerprint density at radius 3 is 2.93 bits per heavy atom. The summed E-state index contributed by atoms with van der Waals surface area (Å²) in [5.74, 6) is 1.00. The lowest BCUT2D eigenvalue weighted by Crippen LogP contribution is -2.21. The number of hydrogen-bond donors (Lipinski definition) is 1. The Morgan fingerprint density at radius 1 is 1.40 bits per heavy atom. The molecule has 0 bridgehead atoms. The number of nitrogens with one attached hydrogen (secondary N) is 1. The summed E-state index contributed by atoms with van der Waals surface area (Å²) in [6.45, 7) is 8.16. The van der Waals surface area contributed by atoms with Crippen LogP contribution in [0.15, 0.2) is 36.9 Å². The van der Waals surface area contributed by atoms with Gasteiger partial charge in [0.1, 0.15) is 12.4 Å². The van der Waals surface area contributed by atoms with Gasteiger partial charge in [0, 0.05) is 13.1 Å². The van der Waals surface area contributed by atoms with Crippen LogP contribution in [0.3, 0.4) is 0 Å². The molecule has 1 aromatic rings. The molecule has 0 unspecified atom stereocenters. The summed E-state index contributed by atoms with van der Waals surface area (Å²) >= 11 is 0. The molecule has 0 spiro atoms. The Morgan fingerprint density at radius 2 is 2.20 bits per heavy atom. The van der Waals surface area contributed by atoms with Gasteiger partial charge in [-0.05, 0) is 18.1 Å². The molecule has 0 saturated carbocycles. The molecule has 1 rings (SSSR count). The van der Waals surface area contributed by atoms with Gasteiger partial charge in [0.05, 0.1) is 0 Å². The Hall–Kier alpha value is -1.28. The minimum atomic E-state index is 0.699. The van der Waals surface area contributed by atoms with Gasteiger partial charge in [-0.1, -0.05) is 31.2 Å². The zero-order valence-corrected chi connectivity index (χ0v) is 9.33. The van der Waals surface area contributed by atoms with Crippen LogP contribution in [0.25, 0.3) is 0 Å². The molecule has 1 N–H and O–H groups in total. The quantitative estimate of drug-likeness (QED) is 0.545. The summed E-state index contributed by atoms with van der Waals surface area (Å²) in [7, 11) is 0. The lowest BCUT2D eigenvalue weighted by molar-refractivity contribution is 0.313. The van der Waals surface area contributed by atoms with Crippen LogP contribution in [-0.4, -0.2) is 19.7 Å².